The Bertz CT molecular complexity index is 971. The average molecular weight is 429 g/mol. The van der Waals surface area contributed by atoms with Gasteiger partial charge in [0.15, 0.2) is 6.04 Å². The summed E-state index contributed by atoms with van der Waals surface area (Å²) in [5.74, 6) is -1.33. The van der Waals surface area contributed by atoms with E-state index in [0.29, 0.717) is 35.8 Å². The number of hydroxylamine groups is 2. The van der Waals surface area contributed by atoms with Gasteiger partial charge in [0, 0.05) is 19.2 Å². The van der Waals surface area contributed by atoms with Gasteiger partial charge in [0.2, 0.25) is 5.91 Å². The van der Waals surface area contributed by atoms with Crippen LogP contribution in [0.15, 0.2) is 6.20 Å². The summed E-state index contributed by atoms with van der Waals surface area (Å²) in [7, 11) is -3.39. The van der Waals surface area contributed by atoms with Crippen molar-refractivity contribution in [1.29, 1.82) is 0 Å². The lowest BCUT2D eigenvalue weighted by Crippen LogP contribution is -2.51. The number of amides is 4. The van der Waals surface area contributed by atoms with Crippen molar-refractivity contribution in [2.75, 3.05) is 19.6 Å². The molecule has 4 rings (SSSR count). The summed E-state index contributed by atoms with van der Waals surface area (Å²) >= 11 is 0. The Morgan fingerprint density at radius 3 is 2.72 bits per heavy atom. The third-order valence-electron chi connectivity index (χ3n) is 5.19. The standard InChI is InChI=1S/C14H19N7O7S/c1-19-10-8(5-16-19)9-6-20(14(24)21(9)28-29(25,26)27)11(10)13(23)18-17-12(22)7-2-3-15-4-7/h5,7,9,11,15H,2-4,6H2,1H3,(H,17,22)(H,18,23)(H,25,26,27)/t7?,9-,11-/m0/s1. The van der Waals surface area contributed by atoms with Crippen molar-refractivity contribution >= 4 is 28.2 Å². The number of nitrogens with zero attached hydrogens (tertiary/aromatic N) is 4. The summed E-state index contributed by atoms with van der Waals surface area (Å²) in [6, 6.07) is -2.98. The maximum absolute atomic E-state index is 12.9. The molecule has 0 spiro atoms. The Labute approximate surface area is 165 Å². The first-order chi connectivity index (χ1) is 13.7. The monoisotopic (exact) mass is 429 g/mol. The van der Waals surface area contributed by atoms with Crippen LogP contribution in [0.5, 0.6) is 0 Å². The number of rotatable bonds is 4. The van der Waals surface area contributed by atoms with E-state index in [9.17, 15) is 22.8 Å². The number of fused-ring (bicyclic) bond motifs is 4. The minimum Gasteiger partial charge on any atom is -0.316 e. The van der Waals surface area contributed by atoms with Gasteiger partial charge in [0.1, 0.15) is 6.04 Å². The quantitative estimate of drug-likeness (QED) is 0.304. The first-order valence-corrected chi connectivity index (χ1v) is 10.1. The van der Waals surface area contributed by atoms with Crippen LogP contribution in [0.3, 0.4) is 0 Å². The molecule has 2 bridgehead atoms. The lowest BCUT2D eigenvalue weighted by Gasteiger charge is -2.30. The number of carbonyl (C=O) groups excluding carboxylic acids is 3. The minimum atomic E-state index is -4.96. The van der Waals surface area contributed by atoms with Gasteiger partial charge < -0.3 is 10.2 Å². The van der Waals surface area contributed by atoms with Crippen LogP contribution in [0, 0.1) is 5.92 Å². The Morgan fingerprint density at radius 2 is 2.07 bits per heavy atom. The maximum Gasteiger partial charge on any atom is 0.418 e. The molecule has 3 atom stereocenters. The van der Waals surface area contributed by atoms with Gasteiger partial charge in [0.05, 0.1) is 24.4 Å². The van der Waals surface area contributed by atoms with Gasteiger partial charge in [-0.2, -0.15) is 18.6 Å². The van der Waals surface area contributed by atoms with Crippen LogP contribution in [0.2, 0.25) is 0 Å². The largest absolute Gasteiger partial charge is 0.418 e. The fourth-order valence-electron chi connectivity index (χ4n) is 3.87. The number of hydrogen-bond donors (Lipinski definition) is 4. The molecule has 14 nitrogen and oxygen atoms in total. The zero-order valence-corrected chi connectivity index (χ0v) is 16.0. The molecule has 0 aromatic carbocycles. The van der Waals surface area contributed by atoms with Crippen molar-refractivity contribution in [2.24, 2.45) is 13.0 Å². The minimum absolute atomic E-state index is 0.0639. The molecule has 2 fully saturated rings. The van der Waals surface area contributed by atoms with Gasteiger partial charge in [-0.05, 0) is 13.0 Å². The molecule has 2 saturated heterocycles. The maximum atomic E-state index is 12.9. The van der Waals surface area contributed by atoms with E-state index in [4.69, 9.17) is 4.55 Å². The fraction of sp³-hybridized carbons (Fsp3) is 0.571. The number of hydrazine groups is 1. The van der Waals surface area contributed by atoms with Crippen LogP contribution in [0.25, 0.3) is 0 Å². The van der Waals surface area contributed by atoms with Crippen LogP contribution < -0.4 is 16.2 Å². The highest BCUT2D eigenvalue weighted by Crippen LogP contribution is 2.43. The number of aryl methyl sites for hydroxylation is 1. The van der Waals surface area contributed by atoms with E-state index in [1.54, 1.807) is 7.05 Å². The van der Waals surface area contributed by atoms with Crippen LogP contribution in [-0.2, 0) is 31.3 Å². The predicted molar refractivity (Wildman–Crippen MR) is 92.5 cm³/mol. The molecule has 4 heterocycles. The van der Waals surface area contributed by atoms with E-state index < -0.39 is 34.4 Å². The summed E-state index contributed by atoms with van der Waals surface area (Å²) in [6.07, 6.45) is 2.03. The third-order valence-corrected chi connectivity index (χ3v) is 5.54. The first kappa shape index (κ1) is 19.6. The van der Waals surface area contributed by atoms with Crippen LogP contribution >= 0.6 is 0 Å². The molecule has 3 aliphatic heterocycles. The summed E-state index contributed by atoms with van der Waals surface area (Å²) in [5.41, 5.74) is 5.42. The third kappa shape index (κ3) is 3.41. The van der Waals surface area contributed by atoms with Crippen molar-refractivity contribution in [3.63, 3.8) is 0 Å². The van der Waals surface area contributed by atoms with Crippen molar-refractivity contribution < 1.29 is 31.6 Å². The van der Waals surface area contributed by atoms with E-state index in [0.717, 1.165) is 4.90 Å². The summed E-state index contributed by atoms with van der Waals surface area (Å²) < 4.78 is 37.0. The second-order valence-corrected chi connectivity index (χ2v) is 7.96. The van der Waals surface area contributed by atoms with Crippen LogP contribution in [0.1, 0.15) is 29.8 Å². The molecule has 4 amide bonds. The average Bonchev–Trinajstić information content (AvgIpc) is 3.36. The second-order valence-electron chi connectivity index (χ2n) is 6.96. The number of hydrogen-bond acceptors (Lipinski definition) is 8. The zero-order valence-electron chi connectivity index (χ0n) is 15.2. The highest BCUT2D eigenvalue weighted by atomic mass is 32.3. The number of aromatic nitrogens is 2. The summed E-state index contributed by atoms with van der Waals surface area (Å²) in [4.78, 5) is 38.7. The number of urea groups is 1. The lowest BCUT2D eigenvalue weighted by atomic mass is 9.97. The van der Waals surface area contributed by atoms with Crippen molar-refractivity contribution in [2.45, 2.75) is 18.5 Å². The highest BCUT2D eigenvalue weighted by molar-refractivity contribution is 7.80. The van der Waals surface area contributed by atoms with Gasteiger partial charge in [-0.1, -0.05) is 0 Å². The molecule has 3 aliphatic rings. The van der Waals surface area contributed by atoms with Gasteiger partial charge in [-0.3, -0.25) is 29.7 Å². The molecule has 15 heteroatoms. The molecule has 0 radical (unpaired) electrons. The molecule has 1 aromatic heterocycles. The molecule has 158 valence electrons. The molecule has 0 aliphatic carbocycles. The van der Waals surface area contributed by atoms with E-state index in [1.165, 1.54) is 10.9 Å². The smallest absolute Gasteiger partial charge is 0.316 e. The second kappa shape index (κ2) is 6.94. The van der Waals surface area contributed by atoms with E-state index in [1.807, 2.05) is 0 Å². The molecule has 1 aromatic rings. The van der Waals surface area contributed by atoms with Gasteiger partial charge in [-0.15, -0.1) is 4.28 Å². The van der Waals surface area contributed by atoms with E-state index in [-0.39, 0.29) is 18.4 Å². The molecular weight excluding hydrogens is 410 g/mol. The summed E-state index contributed by atoms with van der Waals surface area (Å²) in [6.45, 7) is 1.15. The fourth-order valence-corrected chi connectivity index (χ4v) is 4.24. The van der Waals surface area contributed by atoms with Crippen molar-refractivity contribution in [3.8, 4) is 0 Å². The van der Waals surface area contributed by atoms with E-state index >= 15 is 0 Å². The Hall–Kier alpha value is -2.75. The highest BCUT2D eigenvalue weighted by Gasteiger charge is 2.53. The zero-order chi connectivity index (χ0) is 20.9. The number of nitrogens with one attached hydrogen (secondary N) is 3. The topological polar surface area (TPSA) is 175 Å². The molecule has 0 saturated carbocycles. The lowest BCUT2D eigenvalue weighted by molar-refractivity contribution is -0.133. The summed E-state index contributed by atoms with van der Waals surface area (Å²) in [5, 5.41) is 7.61. The van der Waals surface area contributed by atoms with Crippen molar-refractivity contribution in [1.82, 2.24) is 35.9 Å². The Kier molecular flexibility index (Phi) is 4.68. The number of carbonyl (C=O) groups is 3. The van der Waals surface area contributed by atoms with Crippen LogP contribution in [-0.4, -0.2) is 70.2 Å². The van der Waals surface area contributed by atoms with Crippen LogP contribution in [0.4, 0.5) is 4.79 Å². The molecular formula is C14H19N7O7S. The SMILES string of the molecule is Cn1ncc2c1[C@@H](C(=O)NNC(=O)C1CCNC1)N1C[C@@H]2N(OS(=O)(=O)O)C1=O. The molecule has 4 N–H and O–H groups in total. The normalized spacial score (nSPS) is 25.9. The molecule has 29 heavy (non-hydrogen) atoms. The van der Waals surface area contributed by atoms with Gasteiger partial charge in [0.25, 0.3) is 5.91 Å². The Morgan fingerprint density at radius 1 is 1.34 bits per heavy atom. The first-order valence-electron chi connectivity index (χ1n) is 8.76. The molecule has 1 unspecified atom stereocenters. The van der Waals surface area contributed by atoms with Gasteiger partial charge >= 0.3 is 16.4 Å². The predicted octanol–water partition coefficient (Wildman–Crippen LogP) is -2.26. The van der Waals surface area contributed by atoms with Crippen molar-refractivity contribution in [3.05, 3.63) is 17.5 Å². The Balaban J connectivity index is 1.57. The van der Waals surface area contributed by atoms with Gasteiger partial charge in [-0.25, -0.2) is 4.79 Å². The van der Waals surface area contributed by atoms with E-state index in [2.05, 4.69) is 25.6 Å².